The van der Waals surface area contributed by atoms with Crippen molar-refractivity contribution in [1.82, 2.24) is 0 Å². The minimum atomic E-state index is -0.918. The zero-order valence-corrected chi connectivity index (χ0v) is 11.1. The number of amides is 1. The topological polar surface area (TPSA) is 73.6 Å². The van der Waals surface area contributed by atoms with Crippen LogP contribution in [-0.4, -0.2) is 31.3 Å². The van der Waals surface area contributed by atoms with E-state index >= 15 is 0 Å². The maximum Gasteiger partial charge on any atom is 0.246 e. The Balaban J connectivity index is 2.07. The quantitative estimate of drug-likeness (QED) is 0.840. The van der Waals surface area contributed by atoms with E-state index < -0.39 is 5.54 Å². The monoisotopic (exact) mass is 264 g/mol. The molecule has 0 saturated carbocycles. The number of anilines is 1. The van der Waals surface area contributed by atoms with Gasteiger partial charge in [-0.1, -0.05) is 18.2 Å². The van der Waals surface area contributed by atoms with Crippen molar-refractivity contribution in [3.8, 4) is 0 Å². The molecule has 19 heavy (non-hydrogen) atoms. The number of carbonyl (C=O) groups excluding carboxylic acids is 1. The van der Waals surface area contributed by atoms with E-state index in [1.807, 2.05) is 31.2 Å². The molecule has 1 aliphatic heterocycles. The summed E-state index contributed by atoms with van der Waals surface area (Å²) in [5.74, 6) is -0.200. The lowest BCUT2D eigenvalue weighted by Gasteiger charge is -2.21. The summed E-state index contributed by atoms with van der Waals surface area (Å²) >= 11 is 0. The fourth-order valence-corrected chi connectivity index (χ4v) is 1.99. The van der Waals surface area contributed by atoms with Gasteiger partial charge in [0.05, 0.1) is 13.2 Å². The average Bonchev–Trinajstić information content (AvgIpc) is 2.86. The minimum absolute atomic E-state index is 0.200. The summed E-state index contributed by atoms with van der Waals surface area (Å²) in [6.45, 7) is 3.85. The van der Waals surface area contributed by atoms with Crippen LogP contribution in [0, 0.1) is 0 Å². The van der Waals surface area contributed by atoms with E-state index in [9.17, 15) is 4.79 Å². The molecule has 1 aromatic rings. The second kappa shape index (κ2) is 6.14. The molecular formula is C14H20N2O3. The van der Waals surface area contributed by atoms with E-state index in [0.717, 1.165) is 11.3 Å². The van der Waals surface area contributed by atoms with Crippen molar-refractivity contribution < 1.29 is 14.3 Å². The second-order valence-electron chi connectivity index (χ2n) is 4.71. The maximum atomic E-state index is 12.2. The molecule has 1 unspecified atom stereocenters. The summed E-state index contributed by atoms with van der Waals surface area (Å²) in [6.07, 6.45) is 0.548. The van der Waals surface area contributed by atoms with Crippen molar-refractivity contribution in [2.75, 3.05) is 25.1 Å². The summed E-state index contributed by atoms with van der Waals surface area (Å²) in [6, 6.07) is 7.57. The highest BCUT2D eigenvalue weighted by Crippen LogP contribution is 2.21. The van der Waals surface area contributed by atoms with Crippen LogP contribution in [0.25, 0.3) is 0 Å². The van der Waals surface area contributed by atoms with Crippen molar-refractivity contribution in [3.63, 3.8) is 0 Å². The van der Waals surface area contributed by atoms with Crippen LogP contribution in [0.3, 0.4) is 0 Å². The van der Waals surface area contributed by atoms with Crippen molar-refractivity contribution in [2.24, 2.45) is 5.73 Å². The molecule has 0 aliphatic carbocycles. The number of hydrogen-bond donors (Lipinski definition) is 2. The van der Waals surface area contributed by atoms with Crippen LogP contribution in [-0.2, 0) is 20.9 Å². The molecule has 0 radical (unpaired) electrons. The maximum absolute atomic E-state index is 12.2. The molecule has 1 amide bonds. The van der Waals surface area contributed by atoms with E-state index in [-0.39, 0.29) is 12.5 Å². The Morgan fingerprint density at radius 2 is 2.32 bits per heavy atom. The van der Waals surface area contributed by atoms with Crippen molar-refractivity contribution in [1.29, 1.82) is 0 Å². The van der Waals surface area contributed by atoms with E-state index in [4.69, 9.17) is 15.2 Å². The van der Waals surface area contributed by atoms with Gasteiger partial charge >= 0.3 is 0 Å². The molecule has 1 aromatic carbocycles. The van der Waals surface area contributed by atoms with Crippen molar-refractivity contribution in [2.45, 2.75) is 25.5 Å². The van der Waals surface area contributed by atoms with Gasteiger partial charge in [-0.05, 0) is 19.4 Å². The van der Waals surface area contributed by atoms with Gasteiger partial charge in [-0.15, -0.1) is 0 Å². The second-order valence-corrected chi connectivity index (χ2v) is 4.71. The predicted molar refractivity (Wildman–Crippen MR) is 72.8 cm³/mol. The van der Waals surface area contributed by atoms with E-state index in [1.54, 1.807) is 0 Å². The highest BCUT2D eigenvalue weighted by atomic mass is 16.5. The van der Waals surface area contributed by atoms with Crippen LogP contribution < -0.4 is 11.1 Å². The number of ether oxygens (including phenoxy) is 2. The Morgan fingerprint density at radius 3 is 3.00 bits per heavy atom. The number of hydrogen-bond acceptors (Lipinski definition) is 4. The molecule has 104 valence electrons. The van der Waals surface area contributed by atoms with Crippen molar-refractivity contribution in [3.05, 3.63) is 29.8 Å². The Kier molecular flexibility index (Phi) is 4.52. The molecular weight excluding hydrogens is 244 g/mol. The first-order chi connectivity index (χ1) is 9.15. The van der Waals surface area contributed by atoms with E-state index in [1.165, 1.54) is 0 Å². The molecule has 1 atom stereocenters. The molecule has 1 aliphatic rings. The molecule has 5 nitrogen and oxygen atoms in total. The summed E-state index contributed by atoms with van der Waals surface area (Å²) < 4.78 is 10.6. The largest absolute Gasteiger partial charge is 0.379 e. The highest BCUT2D eigenvalue weighted by molar-refractivity contribution is 5.98. The summed E-state index contributed by atoms with van der Waals surface area (Å²) in [5.41, 5.74) is 6.81. The fraction of sp³-hybridized carbons (Fsp3) is 0.500. The van der Waals surface area contributed by atoms with Crippen LogP contribution in [0.15, 0.2) is 24.3 Å². The Labute approximate surface area is 113 Å². The third kappa shape index (κ3) is 3.32. The number of carbonyl (C=O) groups is 1. The fourth-order valence-electron chi connectivity index (χ4n) is 1.99. The van der Waals surface area contributed by atoms with E-state index in [0.29, 0.717) is 26.2 Å². The number of benzene rings is 1. The zero-order valence-electron chi connectivity index (χ0n) is 11.1. The summed E-state index contributed by atoms with van der Waals surface area (Å²) in [5, 5.41) is 2.88. The minimum Gasteiger partial charge on any atom is -0.379 e. The van der Waals surface area contributed by atoms with Gasteiger partial charge < -0.3 is 20.5 Å². The van der Waals surface area contributed by atoms with Gasteiger partial charge in [-0.2, -0.15) is 0 Å². The lowest BCUT2D eigenvalue weighted by atomic mass is 9.99. The third-order valence-electron chi connectivity index (χ3n) is 3.23. The predicted octanol–water partition coefficient (Wildman–Crippen LogP) is 1.28. The van der Waals surface area contributed by atoms with Gasteiger partial charge in [0.1, 0.15) is 5.54 Å². The van der Waals surface area contributed by atoms with Crippen LogP contribution in [0.2, 0.25) is 0 Å². The Morgan fingerprint density at radius 1 is 1.53 bits per heavy atom. The smallest absolute Gasteiger partial charge is 0.246 e. The van der Waals surface area contributed by atoms with Crippen molar-refractivity contribution >= 4 is 11.6 Å². The normalized spacial score (nSPS) is 22.4. The van der Waals surface area contributed by atoms with Crippen LogP contribution in [0.5, 0.6) is 0 Å². The Bertz CT molecular complexity index is 442. The van der Waals surface area contributed by atoms with Crippen LogP contribution in [0.4, 0.5) is 5.69 Å². The van der Waals surface area contributed by atoms with Gasteiger partial charge in [0.15, 0.2) is 0 Å². The number of nitrogens with two attached hydrogens (primary N) is 1. The van der Waals surface area contributed by atoms with Gasteiger partial charge in [-0.3, -0.25) is 4.79 Å². The molecule has 0 aromatic heterocycles. The van der Waals surface area contributed by atoms with Gasteiger partial charge in [0.2, 0.25) is 5.91 Å². The molecule has 5 heteroatoms. The molecule has 1 heterocycles. The highest BCUT2D eigenvalue weighted by Gasteiger charge is 2.38. The first-order valence-corrected chi connectivity index (χ1v) is 6.49. The number of nitrogens with one attached hydrogen (secondary N) is 1. The van der Waals surface area contributed by atoms with Gasteiger partial charge in [0, 0.05) is 24.5 Å². The number of para-hydroxylation sites is 1. The lowest BCUT2D eigenvalue weighted by Crippen LogP contribution is -2.51. The molecule has 0 spiro atoms. The van der Waals surface area contributed by atoms with Gasteiger partial charge in [-0.25, -0.2) is 0 Å². The van der Waals surface area contributed by atoms with Crippen LogP contribution >= 0.6 is 0 Å². The first-order valence-electron chi connectivity index (χ1n) is 6.49. The molecule has 1 fully saturated rings. The van der Waals surface area contributed by atoms with E-state index in [2.05, 4.69) is 5.32 Å². The molecule has 3 N–H and O–H groups in total. The summed E-state index contributed by atoms with van der Waals surface area (Å²) in [4.78, 5) is 12.2. The number of rotatable bonds is 5. The third-order valence-corrected chi connectivity index (χ3v) is 3.23. The Hall–Kier alpha value is -1.43. The van der Waals surface area contributed by atoms with Gasteiger partial charge in [0.25, 0.3) is 0 Å². The lowest BCUT2D eigenvalue weighted by molar-refractivity contribution is -0.121. The molecule has 1 saturated heterocycles. The van der Waals surface area contributed by atoms with Crippen LogP contribution in [0.1, 0.15) is 18.9 Å². The molecule has 2 rings (SSSR count). The average molecular weight is 264 g/mol. The first kappa shape index (κ1) is 14.0. The SMILES string of the molecule is CCOCc1ccccc1NC(=O)C1(N)CCOC1. The molecule has 0 bridgehead atoms. The summed E-state index contributed by atoms with van der Waals surface area (Å²) in [7, 11) is 0. The standard InChI is InChI=1S/C14H20N2O3/c1-2-18-9-11-5-3-4-6-12(11)16-13(17)14(15)7-8-19-10-14/h3-6H,2,7-10,15H2,1H3,(H,16,17). The zero-order chi connectivity index (χ0) is 13.7.